The second-order valence-corrected chi connectivity index (χ2v) is 6.15. The first-order valence-corrected chi connectivity index (χ1v) is 8.14. The quantitative estimate of drug-likeness (QED) is 0.679. The molecule has 1 aromatic rings. The Morgan fingerprint density at radius 1 is 1.18 bits per heavy atom. The van der Waals surface area contributed by atoms with Gasteiger partial charge in [-0.3, -0.25) is 4.21 Å². The third kappa shape index (κ3) is 6.02. The standard InChI is InChI=1S/C15H24OS/c1-3-5-9-14(4-2)12-17(16)13-15-10-7-6-8-11-15/h6-8,10-11,14H,3-5,9,12-13H2,1-2H3/t14-,17+/m0/s1. The summed E-state index contributed by atoms with van der Waals surface area (Å²) in [7, 11) is -0.704. The molecule has 0 radical (unpaired) electrons. The molecule has 0 saturated carbocycles. The van der Waals surface area contributed by atoms with Gasteiger partial charge in [0.2, 0.25) is 0 Å². The van der Waals surface area contributed by atoms with Gasteiger partial charge in [0, 0.05) is 22.3 Å². The van der Waals surface area contributed by atoms with Crippen LogP contribution in [0.2, 0.25) is 0 Å². The Morgan fingerprint density at radius 3 is 2.47 bits per heavy atom. The molecular weight excluding hydrogens is 228 g/mol. The summed E-state index contributed by atoms with van der Waals surface area (Å²) in [5, 5.41) is 0. The number of hydrogen-bond acceptors (Lipinski definition) is 1. The SMILES string of the molecule is CCCC[C@H](CC)C[S@@](=O)Cc1ccccc1. The van der Waals surface area contributed by atoms with Gasteiger partial charge >= 0.3 is 0 Å². The number of hydrogen-bond donors (Lipinski definition) is 0. The molecule has 1 aromatic carbocycles. The van der Waals surface area contributed by atoms with Gasteiger partial charge in [-0.25, -0.2) is 0 Å². The summed E-state index contributed by atoms with van der Waals surface area (Å²) in [6.07, 6.45) is 4.89. The van der Waals surface area contributed by atoms with E-state index in [0.717, 1.165) is 12.2 Å². The Hall–Kier alpha value is -0.630. The number of unbranched alkanes of at least 4 members (excludes halogenated alkanes) is 1. The van der Waals surface area contributed by atoms with E-state index in [0.29, 0.717) is 11.7 Å². The van der Waals surface area contributed by atoms with Crippen molar-refractivity contribution in [2.75, 3.05) is 5.75 Å². The van der Waals surface area contributed by atoms with Crippen molar-refractivity contribution in [3.8, 4) is 0 Å². The summed E-state index contributed by atoms with van der Waals surface area (Å²) in [6.45, 7) is 4.42. The van der Waals surface area contributed by atoms with Crippen molar-refractivity contribution >= 4 is 10.8 Å². The lowest BCUT2D eigenvalue weighted by molar-refractivity contribution is 0.494. The first-order valence-electron chi connectivity index (χ1n) is 6.65. The van der Waals surface area contributed by atoms with E-state index in [9.17, 15) is 4.21 Å². The minimum Gasteiger partial charge on any atom is -0.259 e. The monoisotopic (exact) mass is 252 g/mol. The van der Waals surface area contributed by atoms with Crippen LogP contribution in [-0.2, 0) is 16.6 Å². The molecule has 1 rings (SSSR count). The highest BCUT2D eigenvalue weighted by Crippen LogP contribution is 2.15. The van der Waals surface area contributed by atoms with Crippen molar-refractivity contribution in [2.24, 2.45) is 5.92 Å². The van der Waals surface area contributed by atoms with Crippen LogP contribution in [0, 0.1) is 5.92 Å². The van der Waals surface area contributed by atoms with Gasteiger partial charge in [-0.1, -0.05) is 63.4 Å². The molecule has 1 nitrogen and oxygen atoms in total. The average molecular weight is 252 g/mol. The summed E-state index contributed by atoms with van der Waals surface area (Å²) < 4.78 is 12.1. The molecule has 0 heterocycles. The zero-order valence-electron chi connectivity index (χ0n) is 11.0. The minimum atomic E-state index is -0.704. The second-order valence-electron chi connectivity index (χ2n) is 4.65. The van der Waals surface area contributed by atoms with Gasteiger partial charge in [-0.2, -0.15) is 0 Å². The lowest BCUT2D eigenvalue weighted by Crippen LogP contribution is -2.12. The maximum atomic E-state index is 12.1. The first-order chi connectivity index (χ1) is 8.26. The van der Waals surface area contributed by atoms with Crippen molar-refractivity contribution in [1.82, 2.24) is 0 Å². The van der Waals surface area contributed by atoms with E-state index in [4.69, 9.17) is 0 Å². The summed E-state index contributed by atoms with van der Waals surface area (Å²) in [6, 6.07) is 10.2. The van der Waals surface area contributed by atoms with Crippen molar-refractivity contribution < 1.29 is 4.21 Å². The molecule has 0 aliphatic carbocycles. The zero-order valence-corrected chi connectivity index (χ0v) is 11.8. The van der Waals surface area contributed by atoms with E-state index in [1.165, 1.54) is 24.8 Å². The fourth-order valence-corrected chi connectivity index (χ4v) is 3.59. The third-order valence-corrected chi connectivity index (χ3v) is 4.63. The Kier molecular flexibility index (Phi) is 7.18. The van der Waals surface area contributed by atoms with Crippen LogP contribution in [0.3, 0.4) is 0 Å². The molecule has 0 saturated heterocycles. The van der Waals surface area contributed by atoms with Crippen LogP contribution in [0.5, 0.6) is 0 Å². The van der Waals surface area contributed by atoms with E-state index in [1.807, 2.05) is 18.2 Å². The van der Waals surface area contributed by atoms with Crippen molar-refractivity contribution in [3.05, 3.63) is 35.9 Å². The lowest BCUT2D eigenvalue weighted by Gasteiger charge is -2.13. The molecule has 0 aliphatic rings. The van der Waals surface area contributed by atoms with Crippen LogP contribution in [0.15, 0.2) is 30.3 Å². The topological polar surface area (TPSA) is 17.1 Å². The highest BCUT2D eigenvalue weighted by Gasteiger charge is 2.10. The molecule has 96 valence electrons. The summed E-state index contributed by atoms with van der Waals surface area (Å²) in [5.41, 5.74) is 1.19. The highest BCUT2D eigenvalue weighted by atomic mass is 32.2. The maximum Gasteiger partial charge on any atom is 0.0485 e. The van der Waals surface area contributed by atoms with E-state index in [-0.39, 0.29) is 0 Å². The van der Waals surface area contributed by atoms with Crippen LogP contribution in [0.4, 0.5) is 0 Å². The molecule has 2 atom stereocenters. The van der Waals surface area contributed by atoms with Crippen LogP contribution in [0.1, 0.15) is 45.1 Å². The smallest absolute Gasteiger partial charge is 0.0485 e. The third-order valence-electron chi connectivity index (χ3n) is 3.14. The minimum absolute atomic E-state index is 0.638. The molecule has 0 unspecified atom stereocenters. The molecule has 2 heteroatoms. The molecular formula is C15H24OS. The van der Waals surface area contributed by atoms with E-state index in [2.05, 4.69) is 26.0 Å². The normalized spacial score (nSPS) is 14.5. The highest BCUT2D eigenvalue weighted by molar-refractivity contribution is 7.84. The van der Waals surface area contributed by atoms with Crippen LogP contribution in [-0.4, -0.2) is 9.96 Å². The second kappa shape index (κ2) is 8.46. The fraction of sp³-hybridized carbons (Fsp3) is 0.600. The summed E-state index contributed by atoms with van der Waals surface area (Å²) in [4.78, 5) is 0. The van der Waals surface area contributed by atoms with Gasteiger partial charge in [-0.15, -0.1) is 0 Å². The largest absolute Gasteiger partial charge is 0.259 e. The molecule has 0 amide bonds. The number of benzene rings is 1. The van der Waals surface area contributed by atoms with Gasteiger partial charge in [0.25, 0.3) is 0 Å². The van der Waals surface area contributed by atoms with Gasteiger partial charge < -0.3 is 0 Å². The molecule has 0 bridgehead atoms. The number of rotatable bonds is 8. The van der Waals surface area contributed by atoms with Crippen LogP contribution < -0.4 is 0 Å². The summed E-state index contributed by atoms with van der Waals surface area (Å²) in [5.74, 6) is 2.22. The Labute approximate surface area is 108 Å². The molecule has 17 heavy (non-hydrogen) atoms. The molecule has 0 aromatic heterocycles. The van der Waals surface area contributed by atoms with Crippen molar-refractivity contribution in [2.45, 2.75) is 45.3 Å². The Morgan fingerprint density at radius 2 is 1.88 bits per heavy atom. The maximum absolute atomic E-state index is 12.1. The first kappa shape index (κ1) is 14.4. The van der Waals surface area contributed by atoms with Gasteiger partial charge in [-0.05, 0) is 17.9 Å². The van der Waals surface area contributed by atoms with Crippen molar-refractivity contribution in [1.29, 1.82) is 0 Å². The van der Waals surface area contributed by atoms with E-state index in [1.54, 1.807) is 0 Å². The lowest BCUT2D eigenvalue weighted by atomic mass is 10.0. The van der Waals surface area contributed by atoms with E-state index < -0.39 is 10.8 Å². The van der Waals surface area contributed by atoms with E-state index >= 15 is 0 Å². The molecule has 0 spiro atoms. The molecule has 0 N–H and O–H groups in total. The van der Waals surface area contributed by atoms with Crippen LogP contribution in [0.25, 0.3) is 0 Å². The molecule has 0 fully saturated rings. The predicted molar refractivity (Wildman–Crippen MR) is 76.5 cm³/mol. The Bertz CT molecular complexity index is 321. The summed E-state index contributed by atoms with van der Waals surface area (Å²) >= 11 is 0. The zero-order chi connectivity index (χ0) is 12.5. The van der Waals surface area contributed by atoms with Crippen LogP contribution >= 0.6 is 0 Å². The van der Waals surface area contributed by atoms with Gasteiger partial charge in [0.05, 0.1) is 0 Å². The fourth-order valence-electron chi connectivity index (χ4n) is 1.98. The van der Waals surface area contributed by atoms with Crippen molar-refractivity contribution in [3.63, 3.8) is 0 Å². The predicted octanol–water partition coefficient (Wildman–Crippen LogP) is 4.15. The van der Waals surface area contributed by atoms with Gasteiger partial charge in [0.1, 0.15) is 0 Å². The molecule has 0 aliphatic heterocycles. The Balaban J connectivity index is 2.37. The average Bonchev–Trinajstić information content (AvgIpc) is 2.35. The van der Waals surface area contributed by atoms with Gasteiger partial charge in [0.15, 0.2) is 0 Å².